The summed E-state index contributed by atoms with van der Waals surface area (Å²) in [5.74, 6) is -1.38. The van der Waals surface area contributed by atoms with Crippen LogP contribution in [0.15, 0.2) is 24.3 Å². The highest BCUT2D eigenvalue weighted by atomic mass is 35.5. The maximum atomic E-state index is 13.9. The van der Waals surface area contributed by atoms with E-state index in [9.17, 15) is 14.0 Å². The molecule has 1 aliphatic rings. The van der Waals surface area contributed by atoms with E-state index in [4.69, 9.17) is 16.3 Å². The molecule has 1 aromatic heterocycles. The van der Waals surface area contributed by atoms with Crippen LogP contribution in [0.2, 0.25) is 5.02 Å². The Morgan fingerprint density at radius 3 is 2.72 bits per heavy atom. The number of hydrogen-bond acceptors (Lipinski definition) is 4. The first-order valence-corrected chi connectivity index (χ1v) is 11.0. The molecule has 4 nitrogen and oxygen atoms in total. The van der Waals surface area contributed by atoms with Gasteiger partial charge in [0.1, 0.15) is 10.8 Å². The van der Waals surface area contributed by atoms with Crippen LogP contribution in [0.3, 0.4) is 0 Å². The molecular weight excluding hydrogens is 413 g/mol. The van der Waals surface area contributed by atoms with E-state index in [1.54, 1.807) is 13.0 Å². The number of hydrogen-bond donors (Lipinski definition) is 1. The van der Waals surface area contributed by atoms with Crippen LogP contribution in [0, 0.1) is 5.82 Å². The zero-order chi connectivity index (χ0) is 20.8. The lowest BCUT2D eigenvalue weighted by Gasteiger charge is -2.11. The summed E-state index contributed by atoms with van der Waals surface area (Å²) < 4.78 is 19.1. The Kier molecular flexibility index (Phi) is 7.45. The van der Waals surface area contributed by atoms with E-state index in [2.05, 4.69) is 5.32 Å². The minimum Gasteiger partial charge on any atom is -0.462 e. The van der Waals surface area contributed by atoms with Crippen molar-refractivity contribution in [3.8, 4) is 0 Å². The number of thiophene rings is 1. The molecule has 0 radical (unpaired) electrons. The van der Waals surface area contributed by atoms with Crippen LogP contribution in [0.4, 0.5) is 9.39 Å². The van der Waals surface area contributed by atoms with Crippen molar-refractivity contribution in [3.63, 3.8) is 0 Å². The smallest absolute Gasteiger partial charge is 0.341 e. The Hall–Kier alpha value is -2.18. The van der Waals surface area contributed by atoms with Gasteiger partial charge in [0, 0.05) is 16.5 Å². The highest BCUT2D eigenvalue weighted by Gasteiger charge is 2.25. The first-order chi connectivity index (χ1) is 14.0. The van der Waals surface area contributed by atoms with E-state index in [1.807, 2.05) is 0 Å². The highest BCUT2D eigenvalue weighted by Crippen LogP contribution is 2.37. The summed E-state index contributed by atoms with van der Waals surface area (Å²) >= 11 is 7.42. The summed E-state index contributed by atoms with van der Waals surface area (Å²) in [6.45, 7) is 2.02. The third-order valence-electron chi connectivity index (χ3n) is 4.79. The van der Waals surface area contributed by atoms with Gasteiger partial charge >= 0.3 is 5.97 Å². The van der Waals surface area contributed by atoms with E-state index in [0.29, 0.717) is 10.6 Å². The van der Waals surface area contributed by atoms with Gasteiger partial charge in [-0.1, -0.05) is 30.5 Å². The molecule has 2 aromatic rings. The molecule has 1 N–H and O–H groups in total. The van der Waals surface area contributed by atoms with Crippen LogP contribution in [-0.2, 0) is 22.4 Å². The Morgan fingerprint density at radius 1 is 1.24 bits per heavy atom. The molecule has 0 saturated heterocycles. The van der Waals surface area contributed by atoms with Gasteiger partial charge in [-0.2, -0.15) is 0 Å². The lowest BCUT2D eigenvalue weighted by molar-refractivity contribution is -0.111. The van der Waals surface area contributed by atoms with Crippen molar-refractivity contribution in [3.05, 3.63) is 56.7 Å². The number of halogens is 2. The summed E-state index contributed by atoms with van der Waals surface area (Å²) in [6, 6.07) is 4.34. The molecule has 3 rings (SSSR count). The molecule has 1 aliphatic carbocycles. The van der Waals surface area contributed by atoms with Crippen molar-refractivity contribution in [1.29, 1.82) is 0 Å². The normalized spacial score (nSPS) is 14.2. The minimum absolute atomic E-state index is 0.147. The summed E-state index contributed by atoms with van der Waals surface area (Å²) in [7, 11) is 0. The SMILES string of the molecule is CCOC(=O)c1c(NC(=O)C=Cc2c(F)cccc2Cl)sc2c1CCCCCC2. The number of anilines is 1. The molecule has 0 atom stereocenters. The maximum absolute atomic E-state index is 13.9. The second kappa shape index (κ2) is 10.0. The number of carbonyl (C=O) groups is 2. The first-order valence-electron chi connectivity index (χ1n) is 9.76. The lowest BCUT2D eigenvalue weighted by atomic mass is 9.96. The predicted octanol–water partition coefficient (Wildman–Crippen LogP) is 6.03. The maximum Gasteiger partial charge on any atom is 0.341 e. The van der Waals surface area contributed by atoms with E-state index in [-0.39, 0.29) is 17.2 Å². The zero-order valence-corrected chi connectivity index (χ0v) is 17.8. The second-order valence-corrected chi connectivity index (χ2v) is 8.31. The van der Waals surface area contributed by atoms with E-state index >= 15 is 0 Å². The molecule has 0 unspecified atom stereocenters. The number of amides is 1. The van der Waals surface area contributed by atoms with Crippen LogP contribution < -0.4 is 5.32 Å². The summed E-state index contributed by atoms with van der Waals surface area (Å²) in [5, 5.41) is 3.50. The molecule has 1 heterocycles. The number of carbonyl (C=O) groups excluding carboxylic acids is 2. The van der Waals surface area contributed by atoms with Gasteiger partial charge in [0.05, 0.1) is 17.2 Å². The lowest BCUT2D eigenvalue weighted by Crippen LogP contribution is -2.13. The molecule has 0 bridgehead atoms. The fourth-order valence-electron chi connectivity index (χ4n) is 3.41. The van der Waals surface area contributed by atoms with E-state index in [1.165, 1.54) is 42.0 Å². The van der Waals surface area contributed by atoms with Crippen LogP contribution in [0.1, 0.15) is 59.0 Å². The van der Waals surface area contributed by atoms with Gasteiger partial charge in [-0.3, -0.25) is 4.79 Å². The standard InChI is InChI=1S/C22H23ClFNO3S/c1-2-28-22(27)20-15-8-5-3-4-6-11-18(15)29-21(20)25-19(26)13-12-14-16(23)9-7-10-17(14)24/h7,9-10,12-13H,2-6,8,11H2,1H3,(H,25,26). The van der Waals surface area contributed by atoms with E-state index in [0.717, 1.165) is 42.5 Å². The Balaban J connectivity index is 1.87. The van der Waals surface area contributed by atoms with E-state index < -0.39 is 17.7 Å². The monoisotopic (exact) mass is 435 g/mol. The number of rotatable bonds is 5. The van der Waals surface area contributed by atoms with Crippen molar-refractivity contribution in [2.75, 3.05) is 11.9 Å². The van der Waals surface area contributed by atoms with Crippen LogP contribution >= 0.6 is 22.9 Å². The Labute approximate surface area is 178 Å². The molecule has 29 heavy (non-hydrogen) atoms. The molecular formula is C22H23ClFNO3S. The average molecular weight is 436 g/mol. The minimum atomic E-state index is -0.507. The number of esters is 1. The van der Waals surface area contributed by atoms with Crippen LogP contribution in [0.5, 0.6) is 0 Å². The van der Waals surface area contributed by atoms with Gasteiger partial charge in [-0.25, -0.2) is 9.18 Å². The van der Waals surface area contributed by atoms with Crippen molar-refractivity contribution in [2.24, 2.45) is 0 Å². The first kappa shape index (κ1) is 21.5. The number of benzene rings is 1. The number of aryl methyl sites for hydroxylation is 1. The summed E-state index contributed by atoms with van der Waals surface area (Å²) in [6.07, 6.45) is 8.62. The van der Waals surface area contributed by atoms with Gasteiger partial charge in [0.2, 0.25) is 5.91 Å². The Morgan fingerprint density at radius 2 is 2.00 bits per heavy atom. The van der Waals surface area contributed by atoms with Crippen molar-refractivity contribution in [2.45, 2.75) is 45.4 Å². The second-order valence-electron chi connectivity index (χ2n) is 6.80. The molecule has 0 saturated carbocycles. The van der Waals surface area contributed by atoms with Gasteiger partial charge < -0.3 is 10.1 Å². The van der Waals surface area contributed by atoms with Gasteiger partial charge in [0.15, 0.2) is 0 Å². The molecule has 7 heteroatoms. The number of nitrogens with one attached hydrogen (secondary N) is 1. The molecule has 1 aromatic carbocycles. The fourth-order valence-corrected chi connectivity index (χ4v) is 4.92. The zero-order valence-electron chi connectivity index (χ0n) is 16.2. The molecule has 0 spiro atoms. The third kappa shape index (κ3) is 5.25. The average Bonchev–Trinajstić information content (AvgIpc) is 2.97. The van der Waals surface area contributed by atoms with Crippen molar-refractivity contribution >= 4 is 45.9 Å². The quantitative estimate of drug-likeness (QED) is 0.461. The Bertz CT molecular complexity index is 918. The highest BCUT2D eigenvalue weighted by molar-refractivity contribution is 7.17. The van der Waals surface area contributed by atoms with Gasteiger partial charge in [-0.15, -0.1) is 11.3 Å². The molecule has 154 valence electrons. The van der Waals surface area contributed by atoms with Gasteiger partial charge in [-0.05, 0) is 56.4 Å². The molecule has 1 amide bonds. The van der Waals surface area contributed by atoms with Gasteiger partial charge in [0.25, 0.3) is 0 Å². The van der Waals surface area contributed by atoms with Crippen molar-refractivity contribution < 1.29 is 18.7 Å². The van der Waals surface area contributed by atoms with Crippen molar-refractivity contribution in [1.82, 2.24) is 0 Å². The summed E-state index contributed by atoms with van der Waals surface area (Å²) in [4.78, 5) is 26.2. The number of ether oxygens (including phenoxy) is 1. The molecule has 0 aliphatic heterocycles. The van der Waals surface area contributed by atoms with Crippen LogP contribution in [0.25, 0.3) is 6.08 Å². The fraction of sp³-hybridized carbons (Fsp3) is 0.364. The summed E-state index contributed by atoms with van der Waals surface area (Å²) in [5.41, 5.74) is 1.59. The third-order valence-corrected chi connectivity index (χ3v) is 6.33. The molecule has 0 fully saturated rings. The van der Waals surface area contributed by atoms with Crippen LogP contribution in [-0.4, -0.2) is 18.5 Å². The number of fused-ring (bicyclic) bond motifs is 1. The largest absolute Gasteiger partial charge is 0.462 e. The predicted molar refractivity (Wildman–Crippen MR) is 115 cm³/mol. The topological polar surface area (TPSA) is 55.4 Å².